The lowest BCUT2D eigenvalue weighted by atomic mass is 10.1. The molecule has 4 nitrogen and oxygen atoms in total. The van der Waals surface area contributed by atoms with E-state index < -0.39 is 0 Å². The zero-order valence-corrected chi connectivity index (χ0v) is 11.9. The standard InChI is InChI=1S/C15H21N3O/c1-10(15-11(2)18-19-12(15)3)17-9-13-7-5-6-8-14(13)16-4/h5-8,10,16-17H,9H2,1-4H3. The molecule has 2 N–H and O–H groups in total. The molecule has 0 saturated heterocycles. The normalized spacial score (nSPS) is 12.4. The fraction of sp³-hybridized carbons (Fsp3) is 0.400. The van der Waals surface area contributed by atoms with Gasteiger partial charge in [0.05, 0.1) is 5.69 Å². The SMILES string of the molecule is CNc1ccccc1CNC(C)c1c(C)noc1C. The molecule has 2 aromatic rings. The third kappa shape index (κ3) is 2.96. The number of nitrogens with zero attached hydrogens (tertiary/aromatic N) is 1. The molecule has 0 aliphatic heterocycles. The number of benzene rings is 1. The van der Waals surface area contributed by atoms with E-state index in [-0.39, 0.29) is 6.04 Å². The van der Waals surface area contributed by atoms with Crippen molar-refractivity contribution in [2.75, 3.05) is 12.4 Å². The quantitative estimate of drug-likeness (QED) is 0.866. The minimum atomic E-state index is 0.219. The van der Waals surface area contributed by atoms with Crippen LogP contribution in [0.4, 0.5) is 5.69 Å². The summed E-state index contributed by atoms with van der Waals surface area (Å²) in [5.74, 6) is 0.888. The van der Waals surface area contributed by atoms with Crippen LogP contribution in [0.3, 0.4) is 0 Å². The monoisotopic (exact) mass is 259 g/mol. The van der Waals surface area contributed by atoms with Gasteiger partial charge in [0.15, 0.2) is 0 Å². The van der Waals surface area contributed by atoms with Gasteiger partial charge < -0.3 is 15.2 Å². The van der Waals surface area contributed by atoms with Gasteiger partial charge in [0.2, 0.25) is 0 Å². The molecule has 1 unspecified atom stereocenters. The Morgan fingerprint density at radius 3 is 2.63 bits per heavy atom. The van der Waals surface area contributed by atoms with Gasteiger partial charge in [0.1, 0.15) is 5.76 Å². The Morgan fingerprint density at radius 2 is 2.00 bits per heavy atom. The molecule has 0 saturated carbocycles. The van der Waals surface area contributed by atoms with E-state index >= 15 is 0 Å². The van der Waals surface area contributed by atoms with Gasteiger partial charge in [-0.05, 0) is 32.4 Å². The molecule has 2 rings (SSSR count). The van der Waals surface area contributed by atoms with Gasteiger partial charge in [-0.1, -0.05) is 23.4 Å². The maximum Gasteiger partial charge on any atom is 0.138 e. The van der Waals surface area contributed by atoms with Gasteiger partial charge in [-0.15, -0.1) is 0 Å². The van der Waals surface area contributed by atoms with Crippen LogP contribution in [0.5, 0.6) is 0 Å². The third-order valence-electron chi connectivity index (χ3n) is 3.41. The Bertz CT molecular complexity index is 529. The molecule has 1 heterocycles. The van der Waals surface area contributed by atoms with Gasteiger partial charge in [0.25, 0.3) is 0 Å². The van der Waals surface area contributed by atoms with Crippen LogP contribution in [-0.4, -0.2) is 12.2 Å². The van der Waals surface area contributed by atoms with Gasteiger partial charge >= 0.3 is 0 Å². The number of hydrogen-bond donors (Lipinski definition) is 2. The molecule has 0 aliphatic rings. The smallest absolute Gasteiger partial charge is 0.138 e. The van der Waals surface area contributed by atoms with Crippen molar-refractivity contribution in [3.05, 3.63) is 46.8 Å². The summed E-state index contributed by atoms with van der Waals surface area (Å²) in [6.45, 7) is 6.87. The molecule has 0 radical (unpaired) electrons. The number of hydrogen-bond acceptors (Lipinski definition) is 4. The minimum absolute atomic E-state index is 0.219. The van der Waals surface area contributed by atoms with Crippen molar-refractivity contribution in [3.8, 4) is 0 Å². The Balaban J connectivity index is 2.06. The Kier molecular flexibility index (Phi) is 4.22. The summed E-state index contributed by atoms with van der Waals surface area (Å²) in [5, 5.41) is 10.7. The Hall–Kier alpha value is -1.81. The predicted octanol–water partition coefficient (Wildman–Crippen LogP) is 3.18. The first-order chi connectivity index (χ1) is 9.13. The van der Waals surface area contributed by atoms with E-state index in [1.165, 1.54) is 5.56 Å². The van der Waals surface area contributed by atoms with E-state index in [1.54, 1.807) is 0 Å². The van der Waals surface area contributed by atoms with Crippen molar-refractivity contribution in [3.63, 3.8) is 0 Å². The topological polar surface area (TPSA) is 50.1 Å². The van der Waals surface area contributed by atoms with Gasteiger partial charge in [-0.2, -0.15) is 0 Å². The maximum atomic E-state index is 5.21. The van der Waals surface area contributed by atoms with Crippen molar-refractivity contribution < 1.29 is 4.52 Å². The first-order valence-corrected chi connectivity index (χ1v) is 6.55. The fourth-order valence-electron chi connectivity index (χ4n) is 2.39. The van der Waals surface area contributed by atoms with E-state index in [1.807, 2.05) is 27.0 Å². The van der Waals surface area contributed by atoms with Crippen molar-refractivity contribution in [2.45, 2.75) is 33.4 Å². The molecule has 1 aromatic carbocycles. The Morgan fingerprint density at radius 1 is 1.26 bits per heavy atom. The lowest BCUT2D eigenvalue weighted by Gasteiger charge is -2.15. The van der Waals surface area contributed by atoms with E-state index in [9.17, 15) is 0 Å². The minimum Gasteiger partial charge on any atom is -0.388 e. The van der Waals surface area contributed by atoms with Gasteiger partial charge in [-0.3, -0.25) is 0 Å². The summed E-state index contributed by atoms with van der Waals surface area (Å²) in [4.78, 5) is 0. The average Bonchev–Trinajstić information content (AvgIpc) is 2.76. The summed E-state index contributed by atoms with van der Waals surface area (Å²) in [7, 11) is 1.94. The highest BCUT2D eigenvalue weighted by Crippen LogP contribution is 2.22. The third-order valence-corrected chi connectivity index (χ3v) is 3.41. The fourth-order valence-corrected chi connectivity index (χ4v) is 2.39. The predicted molar refractivity (Wildman–Crippen MR) is 77.2 cm³/mol. The van der Waals surface area contributed by atoms with Crippen molar-refractivity contribution in [1.29, 1.82) is 0 Å². The van der Waals surface area contributed by atoms with Crippen LogP contribution in [0.25, 0.3) is 0 Å². The van der Waals surface area contributed by atoms with E-state index in [4.69, 9.17) is 4.52 Å². The number of aryl methyl sites for hydroxylation is 2. The van der Waals surface area contributed by atoms with Crippen molar-refractivity contribution in [2.24, 2.45) is 0 Å². The highest BCUT2D eigenvalue weighted by molar-refractivity contribution is 5.50. The molecule has 0 amide bonds. The largest absolute Gasteiger partial charge is 0.388 e. The van der Waals surface area contributed by atoms with Crippen LogP contribution < -0.4 is 10.6 Å². The summed E-state index contributed by atoms with van der Waals surface area (Å²) in [6, 6.07) is 8.51. The zero-order chi connectivity index (χ0) is 13.8. The second-order valence-corrected chi connectivity index (χ2v) is 4.75. The van der Waals surface area contributed by atoms with E-state index in [0.29, 0.717) is 0 Å². The first kappa shape index (κ1) is 13.6. The van der Waals surface area contributed by atoms with Crippen LogP contribution in [0.1, 0.15) is 35.5 Å². The van der Waals surface area contributed by atoms with Crippen LogP contribution in [0, 0.1) is 13.8 Å². The lowest BCUT2D eigenvalue weighted by Crippen LogP contribution is -2.19. The second kappa shape index (κ2) is 5.89. The molecule has 102 valence electrons. The lowest BCUT2D eigenvalue weighted by molar-refractivity contribution is 0.390. The summed E-state index contributed by atoms with van der Waals surface area (Å²) >= 11 is 0. The highest BCUT2D eigenvalue weighted by atomic mass is 16.5. The summed E-state index contributed by atoms with van der Waals surface area (Å²) in [5.41, 5.74) is 4.52. The molecule has 4 heteroatoms. The molecule has 0 fully saturated rings. The zero-order valence-electron chi connectivity index (χ0n) is 11.9. The average molecular weight is 259 g/mol. The molecule has 0 spiro atoms. The van der Waals surface area contributed by atoms with Crippen LogP contribution in [0.2, 0.25) is 0 Å². The van der Waals surface area contributed by atoms with Gasteiger partial charge in [-0.25, -0.2) is 0 Å². The van der Waals surface area contributed by atoms with Crippen LogP contribution >= 0.6 is 0 Å². The van der Waals surface area contributed by atoms with Crippen LogP contribution in [0.15, 0.2) is 28.8 Å². The molecule has 1 atom stereocenters. The van der Waals surface area contributed by atoms with Crippen molar-refractivity contribution >= 4 is 5.69 Å². The number of nitrogens with one attached hydrogen (secondary N) is 2. The highest BCUT2D eigenvalue weighted by Gasteiger charge is 2.16. The molecule has 0 bridgehead atoms. The first-order valence-electron chi connectivity index (χ1n) is 6.55. The van der Waals surface area contributed by atoms with Crippen LogP contribution in [-0.2, 0) is 6.54 Å². The molecule has 1 aromatic heterocycles. The van der Waals surface area contributed by atoms with E-state index in [0.717, 1.165) is 29.2 Å². The number of aromatic nitrogens is 1. The van der Waals surface area contributed by atoms with Gasteiger partial charge in [0, 0.05) is 30.9 Å². The second-order valence-electron chi connectivity index (χ2n) is 4.75. The molecular weight excluding hydrogens is 238 g/mol. The van der Waals surface area contributed by atoms with E-state index in [2.05, 4.69) is 40.9 Å². The molecule has 0 aliphatic carbocycles. The summed E-state index contributed by atoms with van der Waals surface area (Å²) < 4.78 is 5.21. The molecular formula is C15H21N3O. The number of para-hydroxylation sites is 1. The molecule has 19 heavy (non-hydrogen) atoms. The number of anilines is 1. The van der Waals surface area contributed by atoms with Crippen molar-refractivity contribution in [1.82, 2.24) is 10.5 Å². The maximum absolute atomic E-state index is 5.21. The Labute approximate surface area is 114 Å². The summed E-state index contributed by atoms with van der Waals surface area (Å²) in [6.07, 6.45) is 0. The number of rotatable bonds is 5.